The van der Waals surface area contributed by atoms with E-state index in [1.54, 1.807) is 11.3 Å². The highest BCUT2D eigenvalue weighted by Crippen LogP contribution is 2.56. The average Bonchev–Trinajstić information content (AvgIpc) is 2.99. The quantitative estimate of drug-likeness (QED) is 0.874. The standard InChI is InChI=1S/C18H27N5S/c1-14(2)23-9-7-20-16(23)12-22(13-17-21-8-10-24-17)15-11-18(15)3-5-19-6-4-18/h7-10,14-15,19H,3-6,11-13H2,1-2H3. The number of nitrogens with zero attached hydrogens (tertiary/aromatic N) is 4. The number of rotatable bonds is 6. The summed E-state index contributed by atoms with van der Waals surface area (Å²) in [5.41, 5.74) is 0.539. The molecule has 0 radical (unpaired) electrons. The third-order valence-electron chi connectivity index (χ3n) is 5.66. The molecule has 130 valence electrons. The summed E-state index contributed by atoms with van der Waals surface area (Å²) in [4.78, 5) is 11.8. The normalized spacial score (nSPS) is 22.6. The Hall–Kier alpha value is -1.24. The van der Waals surface area contributed by atoms with Gasteiger partial charge in [-0.1, -0.05) is 0 Å². The van der Waals surface area contributed by atoms with Crippen molar-refractivity contribution in [2.75, 3.05) is 13.1 Å². The van der Waals surface area contributed by atoms with Crippen LogP contribution in [0.5, 0.6) is 0 Å². The summed E-state index contributed by atoms with van der Waals surface area (Å²) in [6, 6.07) is 1.14. The zero-order chi connectivity index (χ0) is 16.6. The highest BCUT2D eigenvalue weighted by molar-refractivity contribution is 7.09. The topological polar surface area (TPSA) is 46.0 Å². The first-order chi connectivity index (χ1) is 11.7. The first-order valence-electron chi connectivity index (χ1n) is 9.03. The van der Waals surface area contributed by atoms with Gasteiger partial charge in [-0.15, -0.1) is 11.3 Å². The number of aromatic nitrogens is 3. The lowest BCUT2D eigenvalue weighted by atomic mass is 9.93. The third-order valence-corrected chi connectivity index (χ3v) is 6.42. The van der Waals surface area contributed by atoms with Gasteiger partial charge >= 0.3 is 0 Å². The minimum absolute atomic E-state index is 0.455. The Kier molecular flexibility index (Phi) is 4.45. The summed E-state index contributed by atoms with van der Waals surface area (Å²) < 4.78 is 2.30. The summed E-state index contributed by atoms with van der Waals surface area (Å²) >= 11 is 1.76. The minimum atomic E-state index is 0.455. The van der Waals surface area contributed by atoms with E-state index in [2.05, 4.69) is 50.2 Å². The predicted octanol–water partition coefficient (Wildman–Crippen LogP) is 3.06. The molecule has 2 aromatic heterocycles. The fourth-order valence-electron chi connectivity index (χ4n) is 4.20. The van der Waals surface area contributed by atoms with Gasteiger partial charge in [0, 0.05) is 36.1 Å². The van der Waals surface area contributed by atoms with Gasteiger partial charge in [-0.25, -0.2) is 9.97 Å². The zero-order valence-corrected chi connectivity index (χ0v) is 15.4. The molecule has 1 aliphatic heterocycles. The van der Waals surface area contributed by atoms with Crippen LogP contribution in [0.25, 0.3) is 0 Å². The number of hydrogen-bond donors (Lipinski definition) is 1. The minimum Gasteiger partial charge on any atom is -0.331 e. The van der Waals surface area contributed by atoms with Gasteiger partial charge in [0.25, 0.3) is 0 Å². The molecule has 6 heteroatoms. The van der Waals surface area contributed by atoms with Crippen molar-refractivity contribution in [2.45, 2.75) is 58.3 Å². The number of thiazole rings is 1. The van der Waals surface area contributed by atoms with E-state index in [-0.39, 0.29) is 0 Å². The highest BCUT2D eigenvalue weighted by Gasteiger charge is 2.56. The third kappa shape index (κ3) is 3.15. The Morgan fingerprint density at radius 2 is 2.12 bits per heavy atom. The second-order valence-corrected chi connectivity index (χ2v) is 8.49. The average molecular weight is 346 g/mol. The Morgan fingerprint density at radius 3 is 2.83 bits per heavy atom. The van der Waals surface area contributed by atoms with E-state index in [0.29, 0.717) is 17.5 Å². The molecule has 5 nitrogen and oxygen atoms in total. The van der Waals surface area contributed by atoms with Crippen molar-refractivity contribution in [3.63, 3.8) is 0 Å². The van der Waals surface area contributed by atoms with Crippen LogP contribution in [0.15, 0.2) is 24.0 Å². The van der Waals surface area contributed by atoms with Crippen molar-refractivity contribution in [3.8, 4) is 0 Å². The lowest BCUT2D eigenvalue weighted by Gasteiger charge is -2.29. The van der Waals surface area contributed by atoms with E-state index in [9.17, 15) is 0 Å². The summed E-state index contributed by atoms with van der Waals surface area (Å²) in [5, 5.41) is 6.81. The van der Waals surface area contributed by atoms with Crippen molar-refractivity contribution in [2.24, 2.45) is 5.41 Å². The maximum Gasteiger partial charge on any atom is 0.123 e. The molecule has 2 aliphatic rings. The molecule has 1 saturated heterocycles. The van der Waals surface area contributed by atoms with Gasteiger partial charge < -0.3 is 9.88 Å². The first-order valence-corrected chi connectivity index (χ1v) is 9.91. The largest absolute Gasteiger partial charge is 0.331 e. The zero-order valence-electron chi connectivity index (χ0n) is 14.6. The Bertz CT molecular complexity index is 657. The van der Waals surface area contributed by atoms with Crippen molar-refractivity contribution in [1.29, 1.82) is 0 Å². The molecule has 2 fully saturated rings. The second-order valence-electron chi connectivity index (χ2n) is 7.51. The van der Waals surface area contributed by atoms with Gasteiger partial charge in [-0.2, -0.15) is 0 Å². The van der Waals surface area contributed by atoms with Crippen LogP contribution in [0, 0.1) is 5.41 Å². The Labute approximate surface area is 148 Å². The smallest absolute Gasteiger partial charge is 0.123 e. The van der Waals surface area contributed by atoms with Crippen LogP contribution < -0.4 is 5.32 Å². The van der Waals surface area contributed by atoms with Crippen molar-refractivity contribution in [3.05, 3.63) is 34.8 Å². The molecule has 2 aromatic rings. The van der Waals surface area contributed by atoms with Crippen LogP contribution in [0.4, 0.5) is 0 Å². The van der Waals surface area contributed by atoms with Crippen LogP contribution >= 0.6 is 11.3 Å². The number of hydrogen-bond acceptors (Lipinski definition) is 5. The molecule has 0 amide bonds. The van der Waals surface area contributed by atoms with Gasteiger partial charge in [0.2, 0.25) is 0 Å². The molecule has 1 N–H and O–H groups in total. The number of imidazole rings is 1. The van der Waals surface area contributed by atoms with Gasteiger partial charge in [-0.3, -0.25) is 4.90 Å². The van der Waals surface area contributed by atoms with E-state index in [4.69, 9.17) is 0 Å². The van der Waals surface area contributed by atoms with Crippen LogP contribution in [0.3, 0.4) is 0 Å². The molecule has 4 rings (SSSR count). The number of piperidine rings is 1. The molecule has 1 atom stereocenters. The van der Waals surface area contributed by atoms with Crippen molar-refractivity contribution >= 4 is 11.3 Å². The van der Waals surface area contributed by atoms with Crippen LogP contribution in [-0.4, -0.2) is 38.6 Å². The summed E-state index contributed by atoms with van der Waals surface area (Å²) in [5.74, 6) is 1.18. The van der Waals surface area contributed by atoms with Crippen molar-refractivity contribution in [1.82, 2.24) is 24.8 Å². The summed E-state index contributed by atoms with van der Waals surface area (Å²) in [7, 11) is 0. The fraction of sp³-hybridized carbons (Fsp3) is 0.667. The van der Waals surface area contributed by atoms with Gasteiger partial charge in [0.15, 0.2) is 0 Å². The molecule has 0 bridgehead atoms. The summed E-state index contributed by atoms with van der Waals surface area (Å²) in [6.07, 6.45) is 9.91. The SMILES string of the molecule is CC(C)n1ccnc1CN(Cc1nccs1)C1CC12CCNCC2. The van der Waals surface area contributed by atoms with Gasteiger partial charge in [0.1, 0.15) is 10.8 Å². The van der Waals surface area contributed by atoms with Crippen LogP contribution in [0.2, 0.25) is 0 Å². The second kappa shape index (κ2) is 6.58. The molecule has 1 saturated carbocycles. The van der Waals surface area contributed by atoms with E-state index in [0.717, 1.165) is 13.1 Å². The monoisotopic (exact) mass is 345 g/mol. The van der Waals surface area contributed by atoms with E-state index < -0.39 is 0 Å². The molecular weight excluding hydrogens is 318 g/mol. The Morgan fingerprint density at radius 1 is 1.29 bits per heavy atom. The molecule has 1 spiro atoms. The van der Waals surface area contributed by atoms with E-state index >= 15 is 0 Å². The maximum atomic E-state index is 4.64. The molecule has 1 aliphatic carbocycles. The molecule has 1 unspecified atom stereocenters. The number of nitrogens with one attached hydrogen (secondary N) is 1. The molecule has 0 aromatic carbocycles. The first kappa shape index (κ1) is 16.2. The van der Waals surface area contributed by atoms with Gasteiger partial charge in [-0.05, 0) is 51.6 Å². The fourth-order valence-corrected chi connectivity index (χ4v) is 4.84. The molecule has 24 heavy (non-hydrogen) atoms. The van der Waals surface area contributed by atoms with E-state index in [1.165, 1.54) is 43.2 Å². The molecule has 3 heterocycles. The predicted molar refractivity (Wildman–Crippen MR) is 96.9 cm³/mol. The lowest BCUT2D eigenvalue weighted by Crippen LogP contribution is -2.36. The van der Waals surface area contributed by atoms with E-state index in [1.807, 2.05) is 12.4 Å². The van der Waals surface area contributed by atoms with Crippen LogP contribution in [-0.2, 0) is 13.1 Å². The maximum absolute atomic E-state index is 4.64. The highest BCUT2D eigenvalue weighted by atomic mass is 32.1. The van der Waals surface area contributed by atoms with Crippen molar-refractivity contribution < 1.29 is 0 Å². The molecular formula is C18H27N5S. The lowest BCUT2D eigenvalue weighted by molar-refractivity contribution is 0.181. The Balaban J connectivity index is 1.53. The summed E-state index contributed by atoms with van der Waals surface area (Å²) in [6.45, 7) is 8.65. The van der Waals surface area contributed by atoms with Crippen LogP contribution in [0.1, 0.15) is 50.0 Å². The van der Waals surface area contributed by atoms with Gasteiger partial charge in [0.05, 0.1) is 13.1 Å².